The van der Waals surface area contributed by atoms with Crippen molar-refractivity contribution in [2.45, 2.75) is 90.4 Å². The molecule has 1 rings (SSSR count). The van der Waals surface area contributed by atoms with Crippen molar-refractivity contribution in [2.24, 2.45) is 0 Å². The Balaban J connectivity index is 3.15. The fraction of sp³-hybridized carbons (Fsp3) is 0.778. The van der Waals surface area contributed by atoms with Gasteiger partial charge in [-0.25, -0.2) is 4.79 Å². The number of carbonyl (C=O) groups is 4. The maximum Gasteiger partial charge on any atom is 0.408 e. The van der Waals surface area contributed by atoms with Gasteiger partial charge in [0.2, 0.25) is 0 Å². The number of aliphatic hydroxyl groups is 1. The van der Waals surface area contributed by atoms with Gasteiger partial charge in [-0.2, -0.15) is 0 Å². The predicted molar refractivity (Wildman–Crippen MR) is 95.1 cm³/mol. The Hall–Kier alpha value is -2.36. The zero-order valence-electron chi connectivity index (χ0n) is 17.0. The molecule has 28 heavy (non-hydrogen) atoms. The number of hydrogen-bond acceptors (Lipinski definition) is 9. The van der Waals surface area contributed by atoms with E-state index in [0.29, 0.717) is 0 Å². The van der Waals surface area contributed by atoms with Crippen LogP contribution < -0.4 is 5.32 Å². The van der Waals surface area contributed by atoms with E-state index in [9.17, 15) is 24.3 Å². The first-order chi connectivity index (χ1) is 12.8. The van der Waals surface area contributed by atoms with E-state index in [4.69, 9.17) is 18.9 Å². The molecule has 0 aromatic rings. The molecule has 0 saturated heterocycles. The van der Waals surface area contributed by atoms with Crippen LogP contribution in [0.15, 0.2) is 0 Å². The number of aliphatic hydroxyl groups excluding tert-OH is 1. The van der Waals surface area contributed by atoms with E-state index in [-0.39, 0.29) is 12.8 Å². The number of hydrogen-bond donors (Lipinski definition) is 2. The van der Waals surface area contributed by atoms with Crippen LogP contribution >= 0.6 is 0 Å². The first-order valence-corrected chi connectivity index (χ1v) is 8.99. The molecule has 1 amide bonds. The van der Waals surface area contributed by atoms with Crippen LogP contribution in [0.4, 0.5) is 4.79 Å². The second-order valence-electron chi connectivity index (χ2n) is 7.62. The van der Waals surface area contributed by atoms with Crippen LogP contribution in [0.1, 0.15) is 54.4 Å². The monoisotopic (exact) mass is 403 g/mol. The van der Waals surface area contributed by atoms with Crippen molar-refractivity contribution in [1.29, 1.82) is 0 Å². The summed E-state index contributed by atoms with van der Waals surface area (Å²) >= 11 is 0. The molecule has 1 aliphatic rings. The van der Waals surface area contributed by atoms with Gasteiger partial charge in [-0.05, 0) is 33.6 Å². The third-order valence-corrected chi connectivity index (χ3v) is 3.82. The van der Waals surface area contributed by atoms with E-state index in [0.717, 1.165) is 13.8 Å². The van der Waals surface area contributed by atoms with Crippen molar-refractivity contribution in [3.63, 3.8) is 0 Å². The van der Waals surface area contributed by atoms with Crippen LogP contribution in [-0.2, 0) is 33.3 Å². The smallest absolute Gasteiger partial charge is 0.408 e. The van der Waals surface area contributed by atoms with Crippen LogP contribution in [0.3, 0.4) is 0 Å². The van der Waals surface area contributed by atoms with Crippen LogP contribution in [0.25, 0.3) is 0 Å². The summed E-state index contributed by atoms with van der Waals surface area (Å²) in [6.45, 7) is 8.52. The normalized spacial score (nSPS) is 27.8. The van der Waals surface area contributed by atoms with Gasteiger partial charge < -0.3 is 29.4 Å². The Kier molecular flexibility index (Phi) is 8.22. The van der Waals surface area contributed by atoms with Gasteiger partial charge >= 0.3 is 24.0 Å². The molecule has 0 heterocycles. The number of ether oxygens (including phenoxy) is 4. The second kappa shape index (κ2) is 9.72. The second-order valence-corrected chi connectivity index (χ2v) is 7.62. The van der Waals surface area contributed by atoms with Crippen LogP contribution in [0, 0.1) is 0 Å². The number of esters is 3. The fourth-order valence-corrected chi connectivity index (χ4v) is 2.95. The molecule has 10 heteroatoms. The maximum absolute atomic E-state index is 12.2. The standard InChI is InChI=1S/C18H29NO9/c1-9(20)25-13-8-7-12(19-17(24)28-18(4,5)6)15(26-10(2)21)14(23)16(13)27-11(3)22/h12-16,23H,7-8H2,1-6H3,(H,19,24)/t12-,13+,14+,15-,16-/m1/s1. The molecule has 5 atom stereocenters. The van der Waals surface area contributed by atoms with Crippen molar-refractivity contribution in [2.75, 3.05) is 0 Å². The molecule has 0 bridgehead atoms. The van der Waals surface area contributed by atoms with E-state index in [1.165, 1.54) is 6.92 Å². The highest BCUT2D eigenvalue weighted by molar-refractivity contribution is 5.69. The summed E-state index contributed by atoms with van der Waals surface area (Å²) in [5, 5.41) is 13.3. The fourth-order valence-electron chi connectivity index (χ4n) is 2.95. The highest BCUT2D eigenvalue weighted by atomic mass is 16.6. The quantitative estimate of drug-likeness (QED) is 0.397. The molecule has 2 N–H and O–H groups in total. The van der Waals surface area contributed by atoms with Gasteiger partial charge in [-0.1, -0.05) is 0 Å². The zero-order chi connectivity index (χ0) is 21.6. The minimum Gasteiger partial charge on any atom is -0.458 e. The molecule has 1 saturated carbocycles. The van der Waals surface area contributed by atoms with E-state index >= 15 is 0 Å². The van der Waals surface area contributed by atoms with E-state index in [1.807, 2.05) is 0 Å². The largest absolute Gasteiger partial charge is 0.458 e. The summed E-state index contributed by atoms with van der Waals surface area (Å²) in [6.07, 6.45) is -5.47. The molecular weight excluding hydrogens is 374 g/mol. The average Bonchev–Trinajstić information content (AvgIpc) is 2.58. The molecule has 1 fully saturated rings. The lowest BCUT2D eigenvalue weighted by Gasteiger charge is -2.33. The highest BCUT2D eigenvalue weighted by Gasteiger charge is 2.47. The van der Waals surface area contributed by atoms with Crippen LogP contribution in [0.5, 0.6) is 0 Å². The summed E-state index contributed by atoms with van der Waals surface area (Å²) in [7, 11) is 0. The summed E-state index contributed by atoms with van der Waals surface area (Å²) < 4.78 is 20.7. The average molecular weight is 403 g/mol. The molecule has 0 aliphatic heterocycles. The summed E-state index contributed by atoms with van der Waals surface area (Å²) in [5.74, 6) is -2.04. The minimum absolute atomic E-state index is 0.146. The van der Waals surface area contributed by atoms with Crippen molar-refractivity contribution < 1.29 is 43.2 Å². The number of alkyl carbamates (subject to hydrolysis) is 1. The first kappa shape index (κ1) is 23.7. The van der Waals surface area contributed by atoms with Gasteiger partial charge in [0.1, 0.15) is 17.8 Å². The topological polar surface area (TPSA) is 137 Å². The first-order valence-electron chi connectivity index (χ1n) is 8.99. The van der Waals surface area contributed by atoms with Crippen LogP contribution in [-0.4, -0.2) is 65.2 Å². The molecule has 0 radical (unpaired) electrons. The van der Waals surface area contributed by atoms with Crippen molar-refractivity contribution >= 4 is 24.0 Å². The lowest BCUT2D eigenvalue weighted by molar-refractivity contribution is -0.185. The van der Waals surface area contributed by atoms with Gasteiger partial charge in [0.05, 0.1) is 6.04 Å². The Bertz CT molecular complexity index is 598. The van der Waals surface area contributed by atoms with Crippen molar-refractivity contribution in [3.05, 3.63) is 0 Å². The van der Waals surface area contributed by atoms with E-state index in [2.05, 4.69) is 5.32 Å². The number of carbonyl (C=O) groups excluding carboxylic acids is 4. The molecular formula is C18H29NO9. The molecule has 0 unspecified atom stereocenters. The minimum atomic E-state index is -1.54. The van der Waals surface area contributed by atoms with E-state index < -0.39 is 60.1 Å². The zero-order valence-corrected chi connectivity index (χ0v) is 17.0. The highest BCUT2D eigenvalue weighted by Crippen LogP contribution is 2.27. The van der Waals surface area contributed by atoms with Crippen LogP contribution in [0.2, 0.25) is 0 Å². The van der Waals surface area contributed by atoms with Gasteiger partial charge in [0.15, 0.2) is 12.2 Å². The van der Waals surface area contributed by atoms with Gasteiger partial charge in [-0.3, -0.25) is 14.4 Å². The third kappa shape index (κ3) is 7.71. The number of amides is 1. The number of rotatable bonds is 4. The lowest BCUT2D eigenvalue weighted by atomic mass is 10.0. The molecule has 1 aliphatic carbocycles. The van der Waals surface area contributed by atoms with Gasteiger partial charge in [0, 0.05) is 20.8 Å². The van der Waals surface area contributed by atoms with Gasteiger partial charge in [-0.15, -0.1) is 0 Å². The Labute approximate surface area is 163 Å². The summed E-state index contributed by atoms with van der Waals surface area (Å²) in [4.78, 5) is 46.6. The Morgan fingerprint density at radius 2 is 1.36 bits per heavy atom. The molecule has 10 nitrogen and oxygen atoms in total. The third-order valence-electron chi connectivity index (χ3n) is 3.82. The van der Waals surface area contributed by atoms with E-state index in [1.54, 1.807) is 20.8 Å². The molecule has 160 valence electrons. The molecule has 0 aromatic carbocycles. The molecule has 0 spiro atoms. The Morgan fingerprint density at radius 3 is 1.82 bits per heavy atom. The Morgan fingerprint density at radius 1 is 0.857 bits per heavy atom. The maximum atomic E-state index is 12.2. The van der Waals surface area contributed by atoms with Crippen molar-refractivity contribution in [3.8, 4) is 0 Å². The summed E-state index contributed by atoms with van der Waals surface area (Å²) in [6, 6.07) is -0.854. The summed E-state index contributed by atoms with van der Waals surface area (Å²) in [5.41, 5.74) is -0.759. The predicted octanol–water partition coefficient (Wildman–Crippen LogP) is 0.829. The lowest BCUT2D eigenvalue weighted by Crippen LogP contribution is -2.54. The molecule has 0 aromatic heterocycles. The SMILES string of the molecule is CC(=O)O[C@H]1[C@@H](O)[C@H](OC(C)=O)[C@H](NC(=O)OC(C)(C)C)CC[C@@H]1OC(C)=O. The van der Waals surface area contributed by atoms with Crippen molar-refractivity contribution in [1.82, 2.24) is 5.32 Å². The number of nitrogens with one attached hydrogen (secondary N) is 1. The van der Waals surface area contributed by atoms with Gasteiger partial charge in [0.25, 0.3) is 0 Å².